The topological polar surface area (TPSA) is 50.2 Å². The van der Waals surface area contributed by atoms with Crippen LogP contribution in [0.1, 0.15) is 25.1 Å². The lowest BCUT2D eigenvalue weighted by Gasteiger charge is -2.44. The van der Waals surface area contributed by atoms with Crippen molar-refractivity contribution < 1.29 is 22.4 Å². The number of aromatic nitrogens is 2. The maximum atomic E-state index is 13.2. The number of hydrogen-bond acceptors (Lipinski definition) is 3. The minimum Gasteiger partial charge on any atom is -0.342 e. The van der Waals surface area contributed by atoms with Crippen molar-refractivity contribution in [3.63, 3.8) is 0 Å². The quantitative estimate of drug-likeness (QED) is 0.794. The van der Waals surface area contributed by atoms with Crippen LogP contribution in [-0.4, -0.2) is 46.2 Å². The molecule has 1 amide bonds. The second-order valence-corrected chi connectivity index (χ2v) is 7.31. The Bertz CT molecular complexity index is 867. The molecule has 0 saturated carbocycles. The van der Waals surface area contributed by atoms with Gasteiger partial charge in [0, 0.05) is 26.2 Å². The normalized spacial score (nSPS) is 18.9. The van der Waals surface area contributed by atoms with Crippen molar-refractivity contribution >= 4 is 5.91 Å². The molecule has 2 aliphatic heterocycles. The van der Waals surface area contributed by atoms with Crippen LogP contribution in [0.25, 0.3) is 11.3 Å². The monoisotopic (exact) mass is 396 g/mol. The molecule has 1 spiro atoms. The van der Waals surface area contributed by atoms with Gasteiger partial charge in [0.15, 0.2) is 0 Å². The predicted octanol–water partition coefficient (Wildman–Crippen LogP) is 3.06. The van der Waals surface area contributed by atoms with Gasteiger partial charge in [-0.05, 0) is 42.7 Å². The standard InChI is InChI=1S/C19H20F4N4O/c20-14-3-1-13(2-4-14)15-12-24-17-18(25-7-10-27(15)17)5-8-26(9-6-18)16(28)11-19(21,22)23/h1-4,12,25H,5-11H2. The van der Waals surface area contributed by atoms with Gasteiger partial charge in [-0.15, -0.1) is 0 Å². The number of fused-ring (bicyclic) bond motifs is 2. The SMILES string of the molecule is O=C(CC(F)(F)F)N1CCC2(CC1)NCCn1c(-c3ccc(F)cc3)cnc12. The summed E-state index contributed by atoms with van der Waals surface area (Å²) >= 11 is 0. The summed E-state index contributed by atoms with van der Waals surface area (Å²) in [4.78, 5) is 17.7. The van der Waals surface area contributed by atoms with E-state index in [-0.39, 0.29) is 18.9 Å². The summed E-state index contributed by atoms with van der Waals surface area (Å²) in [6.07, 6.45) is -3.17. The first-order valence-electron chi connectivity index (χ1n) is 9.19. The number of imidazole rings is 1. The molecule has 0 radical (unpaired) electrons. The van der Waals surface area contributed by atoms with Gasteiger partial charge in [0.05, 0.1) is 17.4 Å². The van der Waals surface area contributed by atoms with E-state index in [0.717, 1.165) is 17.1 Å². The van der Waals surface area contributed by atoms with Gasteiger partial charge in [0.2, 0.25) is 5.91 Å². The fourth-order valence-electron chi connectivity index (χ4n) is 4.14. The number of carbonyl (C=O) groups excluding carboxylic acids is 1. The summed E-state index contributed by atoms with van der Waals surface area (Å²) in [5.41, 5.74) is 1.27. The van der Waals surface area contributed by atoms with E-state index in [0.29, 0.717) is 25.9 Å². The van der Waals surface area contributed by atoms with Crippen molar-refractivity contribution in [3.8, 4) is 11.3 Å². The lowest BCUT2D eigenvalue weighted by Crippen LogP contribution is -2.56. The van der Waals surface area contributed by atoms with Crippen molar-refractivity contribution in [1.82, 2.24) is 19.8 Å². The Labute approximate surface area is 159 Å². The fraction of sp³-hybridized carbons (Fsp3) is 0.474. The smallest absolute Gasteiger partial charge is 0.342 e. The van der Waals surface area contributed by atoms with Gasteiger partial charge in [-0.1, -0.05) is 0 Å². The summed E-state index contributed by atoms with van der Waals surface area (Å²) in [7, 11) is 0. The van der Waals surface area contributed by atoms with E-state index in [1.807, 2.05) is 0 Å². The van der Waals surface area contributed by atoms with Gasteiger partial charge >= 0.3 is 6.18 Å². The molecule has 1 saturated heterocycles. The van der Waals surface area contributed by atoms with Crippen LogP contribution in [0, 0.1) is 5.82 Å². The van der Waals surface area contributed by atoms with Crippen molar-refractivity contribution in [2.24, 2.45) is 0 Å². The van der Waals surface area contributed by atoms with Gasteiger partial charge in [-0.3, -0.25) is 4.79 Å². The predicted molar refractivity (Wildman–Crippen MR) is 93.8 cm³/mol. The largest absolute Gasteiger partial charge is 0.397 e. The van der Waals surface area contributed by atoms with Gasteiger partial charge in [-0.2, -0.15) is 13.2 Å². The van der Waals surface area contributed by atoms with E-state index in [4.69, 9.17) is 0 Å². The third-order valence-corrected chi connectivity index (χ3v) is 5.54. The number of benzene rings is 1. The van der Waals surface area contributed by atoms with Crippen molar-refractivity contribution in [1.29, 1.82) is 0 Å². The lowest BCUT2D eigenvalue weighted by molar-refractivity contribution is -0.162. The Morgan fingerprint density at radius 2 is 1.82 bits per heavy atom. The van der Waals surface area contributed by atoms with Crippen LogP contribution in [0.4, 0.5) is 17.6 Å². The number of alkyl halides is 3. The number of nitrogens with zero attached hydrogens (tertiary/aromatic N) is 3. The zero-order chi connectivity index (χ0) is 19.9. The molecule has 0 unspecified atom stereocenters. The molecule has 2 aromatic rings. The highest BCUT2D eigenvalue weighted by molar-refractivity contribution is 5.77. The van der Waals surface area contributed by atoms with Crippen LogP contribution in [0.15, 0.2) is 30.5 Å². The number of halogens is 4. The molecule has 1 aromatic carbocycles. The maximum Gasteiger partial charge on any atom is 0.397 e. The molecule has 2 aliphatic rings. The highest BCUT2D eigenvalue weighted by Gasteiger charge is 2.44. The summed E-state index contributed by atoms with van der Waals surface area (Å²) in [5.74, 6) is -0.370. The summed E-state index contributed by atoms with van der Waals surface area (Å²) in [6, 6.07) is 6.20. The molecule has 0 atom stereocenters. The highest BCUT2D eigenvalue weighted by atomic mass is 19.4. The van der Waals surface area contributed by atoms with Crippen molar-refractivity contribution in [3.05, 3.63) is 42.1 Å². The number of piperidine rings is 1. The Hall–Kier alpha value is -2.42. The third kappa shape index (κ3) is 3.50. The zero-order valence-electron chi connectivity index (χ0n) is 15.1. The number of likely N-dealkylation sites (tertiary alicyclic amines) is 1. The molecule has 150 valence electrons. The van der Waals surface area contributed by atoms with Crippen LogP contribution < -0.4 is 5.32 Å². The number of carbonyl (C=O) groups is 1. The molecule has 9 heteroatoms. The second-order valence-electron chi connectivity index (χ2n) is 7.31. The number of rotatable bonds is 2. The molecular weight excluding hydrogens is 376 g/mol. The first kappa shape index (κ1) is 18.9. The van der Waals surface area contributed by atoms with Crippen LogP contribution in [0.5, 0.6) is 0 Å². The van der Waals surface area contributed by atoms with E-state index in [1.54, 1.807) is 18.3 Å². The average Bonchev–Trinajstić information content (AvgIpc) is 3.07. The van der Waals surface area contributed by atoms with Crippen molar-refractivity contribution in [2.45, 2.75) is 37.5 Å². The Morgan fingerprint density at radius 1 is 1.14 bits per heavy atom. The Balaban J connectivity index is 1.54. The number of nitrogens with one attached hydrogen (secondary N) is 1. The molecule has 28 heavy (non-hydrogen) atoms. The summed E-state index contributed by atoms with van der Waals surface area (Å²) < 4.78 is 52.8. The Kier molecular flexibility index (Phi) is 4.65. The molecule has 0 bridgehead atoms. The number of amides is 1. The van der Waals surface area contributed by atoms with E-state index in [1.165, 1.54) is 17.0 Å². The molecule has 0 aliphatic carbocycles. The van der Waals surface area contributed by atoms with E-state index in [2.05, 4.69) is 14.9 Å². The third-order valence-electron chi connectivity index (χ3n) is 5.54. The molecule has 5 nitrogen and oxygen atoms in total. The lowest BCUT2D eigenvalue weighted by atomic mass is 9.85. The molecule has 1 fully saturated rings. The van der Waals surface area contributed by atoms with Crippen LogP contribution in [-0.2, 0) is 16.9 Å². The first-order chi connectivity index (χ1) is 13.3. The van der Waals surface area contributed by atoms with E-state index >= 15 is 0 Å². The van der Waals surface area contributed by atoms with Gasteiger partial charge in [0.1, 0.15) is 18.1 Å². The maximum absolute atomic E-state index is 13.2. The Morgan fingerprint density at radius 3 is 2.46 bits per heavy atom. The van der Waals surface area contributed by atoms with Crippen LogP contribution in [0.2, 0.25) is 0 Å². The summed E-state index contributed by atoms with van der Waals surface area (Å²) in [5, 5.41) is 3.47. The first-order valence-corrected chi connectivity index (χ1v) is 9.19. The molecule has 4 rings (SSSR count). The average molecular weight is 396 g/mol. The highest BCUT2D eigenvalue weighted by Crippen LogP contribution is 2.37. The minimum atomic E-state index is -4.49. The zero-order valence-corrected chi connectivity index (χ0v) is 15.1. The van der Waals surface area contributed by atoms with Gasteiger partial charge in [0.25, 0.3) is 0 Å². The fourth-order valence-corrected chi connectivity index (χ4v) is 4.14. The van der Waals surface area contributed by atoms with E-state index in [9.17, 15) is 22.4 Å². The molecule has 1 aromatic heterocycles. The second kappa shape index (κ2) is 6.88. The minimum absolute atomic E-state index is 0.251. The molecule has 3 heterocycles. The van der Waals surface area contributed by atoms with Crippen LogP contribution in [0.3, 0.4) is 0 Å². The number of hydrogen-bond donors (Lipinski definition) is 1. The van der Waals surface area contributed by atoms with Crippen LogP contribution >= 0.6 is 0 Å². The summed E-state index contributed by atoms with van der Waals surface area (Å²) in [6.45, 7) is 1.88. The van der Waals surface area contributed by atoms with Gasteiger partial charge in [-0.25, -0.2) is 9.37 Å². The molecule has 1 N–H and O–H groups in total. The van der Waals surface area contributed by atoms with Crippen molar-refractivity contribution in [2.75, 3.05) is 19.6 Å². The molecular formula is C19H20F4N4O. The van der Waals surface area contributed by atoms with E-state index < -0.39 is 24.0 Å². The van der Waals surface area contributed by atoms with Gasteiger partial charge < -0.3 is 14.8 Å².